The van der Waals surface area contributed by atoms with Crippen LogP contribution >= 0.6 is 15.9 Å². The van der Waals surface area contributed by atoms with Gasteiger partial charge < -0.3 is 15.2 Å². The van der Waals surface area contributed by atoms with Crippen LogP contribution in [0.1, 0.15) is 15.9 Å². The van der Waals surface area contributed by atoms with Gasteiger partial charge >= 0.3 is 5.97 Å². The van der Waals surface area contributed by atoms with E-state index in [0.717, 1.165) is 4.47 Å². The lowest BCUT2D eigenvalue weighted by Crippen LogP contribution is -2.09. The van der Waals surface area contributed by atoms with E-state index in [4.69, 9.17) is 10.5 Å². The zero-order valence-corrected chi connectivity index (χ0v) is 12.8. The number of carbonyl (C=O) groups is 1. The lowest BCUT2D eigenvalue weighted by molar-refractivity contribution is 0.0597. The molecular weight excluding hydrogens is 341 g/mol. The van der Waals surface area contributed by atoms with Gasteiger partial charge in [-0.05, 0) is 30.3 Å². The predicted octanol–water partition coefficient (Wildman–Crippen LogP) is 3.54. The fourth-order valence-corrected chi connectivity index (χ4v) is 2.21. The average molecular weight is 354 g/mol. The Balaban J connectivity index is 2.26. The number of nitrogens with two attached hydrogens (primary N) is 1. The third-order valence-corrected chi connectivity index (χ3v) is 3.33. The number of esters is 1. The molecule has 6 heteroatoms. The normalized spacial score (nSPS) is 10.2. The van der Waals surface area contributed by atoms with Gasteiger partial charge in [0.05, 0.1) is 7.11 Å². The first kappa shape index (κ1) is 15.3. The molecule has 0 atom stereocenters. The molecule has 0 amide bonds. The molecule has 0 saturated heterocycles. The van der Waals surface area contributed by atoms with E-state index in [1.807, 2.05) is 0 Å². The first-order valence-corrected chi connectivity index (χ1v) is 6.85. The number of carbonyl (C=O) groups excluding carboxylic acids is 1. The number of hydrogen-bond acceptors (Lipinski definition) is 4. The van der Waals surface area contributed by atoms with Crippen LogP contribution in [-0.4, -0.2) is 13.1 Å². The first-order chi connectivity index (χ1) is 10.0. The maximum absolute atomic E-state index is 13.7. The molecule has 2 rings (SSSR count). The van der Waals surface area contributed by atoms with Crippen molar-refractivity contribution in [3.05, 3.63) is 57.8 Å². The van der Waals surface area contributed by atoms with E-state index in [1.165, 1.54) is 13.2 Å². The highest BCUT2D eigenvalue weighted by atomic mass is 79.9. The Bertz CT molecular complexity index is 676. The second-order valence-corrected chi connectivity index (χ2v) is 5.15. The van der Waals surface area contributed by atoms with E-state index in [0.29, 0.717) is 5.56 Å². The maximum atomic E-state index is 13.7. The van der Waals surface area contributed by atoms with Crippen molar-refractivity contribution in [2.45, 2.75) is 6.61 Å². The third kappa shape index (κ3) is 3.52. The molecule has 0 bridgehead atoms. The van der Waals surface area contributed by atoms with E-state index in [-0.39, 0.29) is 29.4 Å². The van der Waals surface area contributed by atoms with E-state index < -0.39 is 5.97 Å². The van der Waals surface area contributed by atoms with Gasteiger partial charge in [-0.2, -0.15) is 0 Å². The molecule has 0 saturated carbocycles. The van der Waals surface area contributed by atoms with Crippen molar-refractivity contribution in [1.29, 1.82) is 0 Å². The Kier molecular flexibility index (Phi) is 4.80. The summed E-state index contributed by atoms with van der Waals surface area (Å²) in [6.07, 6.45) is 0. The SMILES string of the molecule is COC(=O)c1c(N)cccc1OCc1cc(Br)ccc1F. The van der Waals surface area contributed by atoms with Crippen molar-refractivity contribution in [3.8, 4) is 5.75 Å². The van der Waals surface area contributed by atoms with Gasteiger partial charge in [-0.15, -0.1) is 0 Å². The van der Waals surface area contributed by atoms with Crippen molar-refractivity contribution in [2.75, 3.05) is 12.8 Å². The predicted molar refractivity (Wildman–Crippen MR) is 80.6 cm³/mol. The molecule has 0 aromatic heterocycles. The summed E-state index contributed by atoms with van der Waals surface area (Å²) in [5, 5.41) is 0. The fraction of sp³-hybridized carbons (Fsp3) is 0.133. The Morgan fingerprint density at radius 2 is 2.10 bits per heavy atom. The quantitative estimate of drug-likeness (QED) is 0.674. The number of rotatable bonds is 4. The van der Waals surface area contributed by atoms with Crippen LogP contribution in [-0.2, 0) is 11.3 Å². The van der Waals surface area contributed by atoms with Crippen molar-refractivity contribution >= 4 is 27.6 Å². The second kappa shape index (κ2) is 6.58. The largest absolute Gasteiger partial charge is 0.488 e. The number of anilines is 1. The Hall–Kier alpha value is -2.08. The highest BCUT2D eigenvalue weighted by Crippen LogP contribution is 2.26. The molecule has 2 N–H and O–H groups in total. The van der Waals surface area contributed by atoms with Gasteiger partial charge in [0.15, 0.2) is 0 Å². The molecule has 0 spiro atoms. The molecule has 0 aliphatic heterocycles. The van der Waals surface area contributed by atoms with Gasteiger partial charge in [-0.25, -0.2) is 9.18 Å². The molecule has 0 fully saturated rings. The monoisotopic (exact) mass is 353 g/mol. The van der Waals surface area contributed by atoms with Crippen LogP contribution in [0.3, 0.4) is 0 Å². The summed E-state index contributed by atoms with van der Waals surface area (Å²) in [6.45, 7) is -0.0290. The van der Waals surface area contributed by atoms with Gasteiger partial charge in [-0.3, -0.25) is 0 Å². The molecule has 4 nitrogen and oxygen atoms in total. The van der Waals surface area contributed by atoms with Crippen molar-refractivity contribution < 1.29 is 18.7 Å². The van der Waals surface area contributed by atoms with Crippen molar-refractivity contribution in [1.82, 2.24) is 0 Å². The summed E-state index contributed by atoms with van der Waals surface area (Å²) < 4.78 is 24.6. The molecule has 2 aromatic rings. The van der Waals surface area contributed by atoms with E-state index in [1.54, 1.807) is 30.3 Å². The van der Waals surface area contributed by atoms with Gasteiger partial charge in [0.1, 0.15) is 23.7 Å². The molecule has 0 heterocycles. The zero-order valence-electron chi connectivity index (χ0n) is 11.2. The highest BCUT2D eigenvalue weighted by Gasteiger charge is 2.17. The van der Waals surface area contributed by atoms with Crippen LogP contribution in [0.4, 0.5) is 10.1 Å². The standard InChI is InChI=1S/C15H13BrFNO3/c1-20-15(19)14-12(18)3-2-4-13(14)21-8-9-7-10(16)5-6-11(9)17/h2-7H,8,18H2,1H3. The Labute approximate surface area is 129 Å². The van der Waals surface area contributed by atoms with Crippen LogP contribution in [0.5, 0.6) is 5.75 Å². The Morgan fingerprint density at radius 1 is 1.33 bits per heavy atom. The number of methoxy groups -OCH3 is 1. The minimum Gasteiger partial charge on any atom is -0.488 e. The van der Waals surface area contributed by atoms with Crippen LogP contribution in [0.25, 0.3) is 0 Å². The lowest BCUT2D eigenvalue weighted by atomic mass is 10.1. The van der Waals surface area contributed by atoms with Gasteiger partial charge in [0.2, 0.25) is 0 Å². The number of benzene rings is 2. The summed E-state index contributed by atoms with van der Waals surface area (Å²) in [6, 6.07) is 9.34. The maximum Gasteiger partial charge on any atom is 0.343 e. The number of nitrogen functional groups attached to an aromatic ring is 1. The average Bonchev–Trinajstić information content (AvgIpc) is 2.47. The minimum absolute atomic E-state index is 0.0290. The number of halogens is 2. The van der Waals surface area contributed by atoms with E-state index >= 15 is 0 Å². The molecule has 21 heavy (non-hydrogen) atoms. The number of ether oxygens (including phenoxy) is 2. The summed E-state index contributed by atoms with van der Waals surface area (Å²) in [5.41, 5.74) is 6.50. The molecule has 0 aliphatic rings. The molecule has 110 valence electrons. The van der Waals surface area contributed by atoms with E-state index in [2.05, 4.69) is 20.7 Å². The Morgan fingerprint density at radius 3 is 2.81 bits per heavy atom. The third-order valence-electron chi connectivity index (χ3n) is 2.84. The van der Waals surface area contributed by atoms with Crippen LogP contribution in [0, 0.1) is 5.82 Å². The van der Waals surface area contributed by atoms with Gasteiger partial charge in [0.25, 0.3) is 0 Å². The van der Waals surface area contributed by atoms with Crippen LogP contribution in [0.2, 0.25) is 0 Å². The summed E-state index contributed by atoms with van der Waals surface area (Å²) >= 11 is 3.27. The zero-order chi connectivity index (χ0) is 15.4. The molecule has 0 unspecified atom stereocenters. The van der Waals surface area contributed by atoms with Crippen molar-refractivity contribution in [2.24, 2.45) is 0 Å². The van der Waals surface area contributed by atoms with Crippen LogP contribution < -0.4 is 10.5 Å². The van der Waals surface area contributed by atoms with Gasteiger partial charge in [0, 0.05) is 15.7 Å². The number of hydrogen-bond donors (Lipinski definition) is 1. The second-order valence-electron chi connectivity index (χ2n) is 4.24. The summed E-state index contributed by atoms with van der Waals surface area (Å²) in [4.78, 5) is 11.7. The molecule has 0 radical (unpaired) electrons. The van der Waals surface area contributed by atoms with Crippen molar-refractivity contribution in [3.63, 3.8) is 0 Å². The van der Waals surface area contributed by atoms with E-state index in [9.17, 15) is 9.18 Å². The molecular formula is C15H13BrFNO3. The fourth-order valence-electron chi connectivity index (χ4n) is 1.80. The molecule has 0 aliphatic carbocycles. The first-order valence-electron chi connectivity index (χ1n) is 6.06. The molecule has 2 aromatic carbocycles. The topological polar surface area (TPSA) is 61.5 Å². The van der Waals surface area contributed by atoms with Gasteiger partial charge in [-0.1, -0.05) is 22.0 Å². The lowest BCUT2D eigenvalue weighted by Gasteiger charge is -2.12. The van der Waals surface area contributed by atoms with Crippen LogP contribution in [0.15, 0.2) is 40.9 Å². The minimum atomic E-state index is -0.599. The highest BCUT2D eigenvalue weighted by molar-refractivity contribution is 9.10. The smallest absolute Gasteiger partial charge is 0.343 e. The summed E-state index contributed by atoms with van der Waals surface area (Å²) in [5.74, 6) is -0.735. The summed E-state index contributed by atoms with van der Waals surface area (Å²) in [7, 11) is 1.26.